The molecule has 0 aliphatic rings. The van der Waals surface area contributed by atoms with Crippen molar-refractivity contribution in [2.24, 2.45) is 0 Å². The summed E-state index contributed by atoms with van der Waals surface area (Å²) >= 11 is 0. The molecule has 0 aromatic rings. The maximum atomic E-state index is 10.5. The van der Waals surface area contributed by atoms with E-state index in [1.165, 1.54) is 7.11 Å². The predicted octanol–water partition coefficient (Wildman–Crippen LogP) is -0.872. The fourth-order valence-electron chi connectivity index (χ4n) is 0.479. The zero-order chi connectivity index (χ0) is 8.69. The molecule has 1 atom stereocenters. The molecule has 5 heteroatoms. The molecule has 0 heterocycles. The highest BCUT2D eigenvalue weighted by Gasteiger charge is 1.97. The zero-order valence-electron chi connectivity index (χ0n) is 6.75. The van der Waals surface area contributed by atoms with Crippen LogP contribution >= 0.6 is 0 Å². The molecule has 11 heavy (non-hydrogen) atoms. The van der Waals surface area contributed by atoms with E-state index in [2.05, 4.69) is 10.1 Å². The summed E-state index contributed by atoms with van der Waals surface area (Å²) in [5, 5.41) is 2.80. The summed E-state index contributed by atoms with van der Waals surface area (Å²) in [5.41, 5.74) is 0. The number of esters is 1. The summed E-state index contributed by atoms with van der Waals surface area (Å²) in [4.78, 5) is 10.5. The van der Waals surface area contributed by atoms with Gasteiger partial charge in [-0.1, -0.05) is 0 Å². The van der Waals surface area contributed by atoms with Gasteiger partial charge in [0.2, 0.25) is 0 Å². The van der Waals surface area contributed by atoms with Gasteiger partial charge in [-0.3, -0.25) is 9.00 Å². The maximum Gasteiger partial charge on any atom is 0.319 e. The molecule has 0 rings (SSSR count). The molecule has 0 radical (unpaired) electrons. The summed E-state index contributed by atoms with van der Waals surface area (Å²) in [7, 11) is 0.538. The Bertz CT molecular complexity index is 149. The predicted molar refractivity (Wildman–Crippen MR) is 43.8 cm³/mol. The minimum atomic E-state index is -0.797. The van der Waals surface area contributed by atoms with Crippen molar-refractivity contribution in [3.8, 4) is 0 Å². The van der Waals surface area contributed by atoms with Gasteiger partial charge in [-0.05, 0) is 0 Å². The van der Waals surface area contributed by atoms with Gasteiger partial charge in [0.25, 0.3) is 0 Å². The second-order valence-corrected chi connectivity index (χ2v) is 3.58. The van der Waals surface area contributed by atoms with E-state index < -0.39 is 10.8 Å². The standard InChI is InChI=1S/C6H13NO3S/c1-10-6(8)5-7-3-4-11(2)9/h7H,3-5H2,1-2H3. The number of ether oxygens (including phenoxy) is 1. The Morgan fingerprint density at radius 3 is 2.73 bits per heavy atom. The second-order valence-electron chi connectivity index (χ2n) is 2.03. The SMILES string of the molecule is COC(=O)CNCCS(C)=O. The Labute approximate surface area is 68.8 Å². The van der Waals surface area contributed by atoms with E-state index in [4.69, 9.17) is 0 Å². The molecular weight excluding hydrogens is 166 g/mol. The van der Waals surface area contributed by atoms with Crippen molar-refractivity contribution in [3.63, 3.8) is 0 Å². The number of carbonyl (C=O) groups excluding carboxylic acids is 1. The lowest BCUT2D eigenvalue weighted by Crippen LogP contribution is -2.27. The Balaban J connectivity index is 3.14. The van der Waals surface area contributed by atoms with E-state index >= 15 is 0 Å². The van der Waals surface area contributed by atoms with Gasteiger partial charge in [0.1, 0.15) is 0 Å². The smallest absolute Gasteiger partial charge is 0.319 e. The highest BCUT2D eigenvalue weighted by molar-refractivity contribution is 7.84. The average molecular weight is 179 g/mol. The van der Waals surface area contributed by atoms with E-state index in [0.29, 0.717) is 12.3 Å². The van der Waals surface area contributed by atoms with Crippen LogP contribution in [0.1, 0.15) is 0 Å². The second kappa shape index (κ2) is 6.30. The van der Waals surface area contributed by atoms with E-state index in [-0.39, 0.29) is 12.5 Å². The van der Waals surface area contributed by atoms with Crippen LogP contribution in [-0.2, 0) is 20.3 Å². The molecule has 0 saturated heterocycles. The molecular formula is C6H13NO3S. The van der Waals surface area contributed by atoms with Gasteiger partial charge in [-0.15, -0.1) is 0 Å². The molecule has 0 aliphatic heterocycles. The van der Waals surface area contributed by atoms with Crippen LogP contribution in [0.5, 0.6) is 0 Å². The molecule has 66 valence electrons. The van der Waals surface area contributed by atoms with Gasteiger partial charge >= 0.3 is 5.97 Å². The van der Waals surface area contributed by atoms with Crippen molar-refractivity contribution in [2.75, 3.05) is 32.2 Å². The van der Waals surface area contributed by atoms with E-state index in [9.17, 15) is 9.00 Å². The molecule has 0 saturated carbocycles. The lowest BCUT2D eigenvalue weighted by Gasteiger charge is -2.00. The maximum absolute atomic E-state index is 10.5. The third-order valence-corrected chi connectivity index (χ3v) is 1.84. The average Bonchev–Trinajstić information content (AvgIpc) is 1.97. The first kappa shape index (κ1) is 10.6. The zero-order valence-corrected chi connectivity index (χ0v) is 7.57. The molecule has 1 N–H and O–H groups in total. The minimum Gasteiger partial charge on any atom is -0.468 e. The molecule has 0 amide bonds. The van der Waals surface area contributed by atoms with Gasteiger partial charge in [0.05, 0.1) is 13.7 Å². The minimum absolute atomic E-state index is 0.188. The fourth-order valence-corrected chi connectivity index (χ4v) is 0.910. The van der Waals surface area contributed by atoms with Crippen LogP contribution in [0, 0.1) is 0 Å². The third kappa shape index (κ3) is 7.48. The molecule has 0 spiro atoms. The molecule has 0 aromatic carbocycles. The van der Waals surface area contributed by atoms with E-state index in [1.807, 2.05) is 0 Å². The number of carbonyl (C=O) groups is 1. The fraction of sp³-hybridized carbons (Fsp3) is 0.833. The van der Waals surface area contributed by atoms with Crippen LogP contribution in [0.2, 0.25) is 0 Å². The Morgan fingerprint density at radius 2 is 2.27 bits per heavy atom. The van der Waals surface area contributed by atoms with Crippen LogP contribution in [0.15, 0.2) is 0 Å². The van der Waals surface area contributed by atoms with Crippen molar-refractivity contribution in [2.45, 2.75) is 0 Å². The Kier molecular flexibility index (Phi) is 6.06. The number of rotatable bonds is 5. The van der Waals surface area contributed by atoms with Crippen molar-refractivity contribution >= 4 is 16.8 Å². The van der Waals surface area contributed by atoms with Crippen LogP contribution in [-0.4, -0.2) is 42.4 Å². The molecule has 0 fully saturated rings. The summed E-state index contributed by atoms with van der Waals surface area (Å²) in [6.45, 7) is 0.770. The number of hydrogen-bond acceptors (Lipinski definition) is 4. The van der Waals surface area contributed by atoms with Gasteiger partial charge in [0.15, 0.2) is 0 Å². The summed E-state index contributed by atoms with van der Waals surface area (Å²) in [6.07, 6.45) is 1.62. The van der Waals surface area contributed by atoms with Crippen LogP contribution in [0.25, 0.3) is 0 Å². The summed E-state index contributed by atoms with van der Waals surface area (Å²) in [6, 6.07) is 0. The van der Waals surface area contributed by atoms with Gasteiger partial charge in [0, 0.05) is 29.4 Å². The molecule has 4 nitrogen and oxygen atoms in total. The molecule has 1 unspecified atom stereocenters. The van der Waals surface area contributed by atoms with Crippen LogP contribution in [0.3, 0.4) is 0 Å². The first-order valence-corrected chi connectivity index (χ1v) is 4.97. The van der Waals surface area contributed by atoms with E-state index in [1.54, 1.807) is 6.26 Å². The largest absolute Gasteiger partial charge is 0.468 e. The highest BCUT2D eigenvalue weighted by Crippen LogP contribution is 1.73. The summed E-state index contributed by atoms with van der Waals surface area (Å²) in [5.74, 6) is 0.267. The Hall–Kier alpha value is -0.420. The van der Waals surface area contributed by atoms with Crippen LogP contribution < -0.4 is 5.32 Å². The molecule has 0 bridgehead atoms. The quantitative estimate of drug-likeness (QED) is 0.440. The number of hydrogen-bond donors (Lipinski definition) is 1. The van der Waals surface area contributed by atoms with E-state index in [0.717, 1.165) is 0 Å². The molecule has 0 aromatic heterocycles. The van der Waals surface area contributed by atoms with Crippen LogP contribution in [0.4, 0.5) is 0 Å². The normalized spacial score (nSPS) is 12.5. The van der Waals surface area contributed by atoms with Gasteiger partial charge < -0.3 is 10.1 Å². The first-order chi connectivity index (χ1) is 5.16. The first-order valence-electron chi connectivity index (χ1n) is 3.24. The summed E-state index contributed by atoms with van der Waals surface area (Å²) < 4.78 is 14.9. The monoisotopic (exact) mass is 179 g/mol. The van der Waals surface area contributed by atoms with Gasteiger partial charge in [-0.25, -0.2) is 0 Å². The number of methoxy groups -OCH3 is 1. The third-order valence-electron chi connectivity index (χ3n) is 1.06. The lowest BCUT2D eigenvalue weighted by atomic mass is 10.6. The van der Waals surface area contributed by atoms with Gasteiger partial charge in [-0.2, -0.15) is 0 Å². The van der Waals surface area contributed by atoms with Crippen molar-refractivity contribution < 1.29 is 13.7 Å². The Morgan fingerprint density at radius 1 is 1.64 bits per heavy atom. The van der Waals surface area contributed by atoms with Crippen molar-refractivity contribution in [1.82, 2.24) is 5.32 Å². The topological polar surface area (TPSA) is 55.4 Å². The molecule has 0 aliphatic carbocycles. The number of nitrogens with one attached hydrogen (secondary N) is 1. The van der Waals surface area contributed by atoms with Crippen molar-refractivity contribution in [3.05, 3.63) is 0 Å². The highest BCUT2D eigenvalue weighted by atomic mass is 32.2. The van der Waals surface area contributed by atoms with Crippen molar-refractivity contribution in [1.29, 1.82) is 0 Å². The lowest BCUT2D eigenvalue weighted by molar-refractivity contribution is -0.139.